The Hall–Kier alpha value is -1.95. The highest BCUT2D eigenvalue weighted by Crippen LogP contribution is 2.25. The molecule has 1 aromatic carbocycles. The fraction of sp³-hybridized carbons (Fsp3) is 0.182. The lowest BCUT2D eigenvalue weighted by atomic mass is 10.2. The molecule has 0 unspecified atom stereocenters. The molecule has 86 valence electrons. The van der Waals surface area contributed by atoms with Crippen molar-refractivity contribution in [1.29, 1.82) is 0 Å². The van der Waals surface area contributed by atoms with Crippen molar-refractivity contribution in [2.75, 3.05) is 5.73 Å². The molecule has 17 heavy (non-hydrogen) atoms. The van der Waals surface area contributed by atoms with E-state index >= 15 is 0 Å². The van der Waals surface area contributed by atoms with Gasteiger partial charge in [-0.15, -0.1) is 10.2 Å². The van der Waals surface area contributed by atoms with E-state index in [2.05, 4.69) is 15.3 Å². The van der Waals surface area contributed by atoms with Gasteiger partial charge in [-0.25, -0.2) is 0 Å². The van der Waals surface area contributed by atoms with E-state index in [0.29, 0.717) is 0 Å². The van der Waals surface area contributed by atoms with Gasteiger partial charge in [0, 0.05) is 17.7 Å². The zero-order valence-corrected chi connectivity index (χ0v) is 10.1. The molecule has 6 heteroatoms. The second-order valence-electron chi connectivity index (χ2n) is 3.69. The highest BCUT2D eigenvalue weighted by molar-refractivity contribution is 7.19. The Morgan fingerprint density at radius 1 is 1.24 bits per heavy atom. The maximum absolute atomic E-state index is 5.66. The molecule has 0 atom stereocenters. The molecule has 0 fully saturated rings. The number of benzene rings is 1. The summed E-state index contributed by atoms with van der Waals surface area (Å²) in [5.74, 6) is 0.887. The number of nitrogen functional groups attached to an aromatic ring is 1. The zero-order valence-electron chi connectivity index (χ0n) is 9.29. The monoisotopic (exact) mass is 245 g/mol. The van der Waals surface area contributed by atoms with E-state index in [1.807, 2.05) is 31.2 Å². The van der Waals surface area contributed by atoms with E-state index < -0.39 is 0 Å². The maximum Gasteiger partial charge on any atom is 0.234 e. The molecule has 0 aliphatic heterocycles. The summed E-state index contributed by atoms with van der Waals surface area (Å²) in [7, 11) is 0. The van der Waals surface area contributed by atoms with Gasteiger partial charge in [0.25, 0.3) is 0 Å². The van der Waals surface area contributed by atoms with Gasteiger partial charge in [-0.05, 0) is 24.3 Å². The number of aryl methyl sites for hydroxylation is 1. The Bertz CT molecular complexity index is 652. The number of nitrogens with zero attached hydrogens (tertiary/aromatic N) is 4. The van der Waals surface area contributed by atoms with E-state index in [9.17, 15) is 0 Å². The van der Waals surface area contributed by atoms with Crippen LogP contribution in [-0.4, -0.2) is 19.8 Å². The minimum absolute atomic E-state index is 0.756. The lowest BCUT2D eigenvalue weighted by Crippen LogP contribution is -1.93. The number of hydrogen-bond acceptors (Lipinski definition) is 5. The minimum atomic E-state index is 0.756. The van der Waals surface area contributed by atoms with Crippen molar-refractivity contribution in [3.05, 3.63) is 30.1 Å². The Morgan fingerprint density at radius 3 is 2.71 bits per heavy atom. The van der Waals surface area contributed by atoms with E-state index in [0.717, 1.165) is 33.5 Å². The molecular weight excluding hydrogens is 234 g/mol. The minimum Gasteiger partial charge on any atom is -0.399 e. The van der Waals surface area contributed by atoms with Crippen LogP contribution in [0.25, 0.3) is 15.5 Å². The molecule has 2 N–H and O–H groups in total. The van der Waals surface area contributed by atoms with Crippen LogP contribution in [0.1, 0.15) is 12.7 Å². The van der Waals surface area contributed by atoms with Crippen molar-refractivity contribution in [1.82, 2.24) is 19.8 Å². The first kappa shape index (κ1) is 10.2. The topological polar surface area (TPSA) is 69.1 Å². The Kier molecular flexibility index (Phi) is 2.29. The Morgan fingerprint density at radius 2 is 2.00 bits per heavy atom. The average Bonchev–Trinajstić information content (AvgIpc) is 2.89. The molecule has 0 aliphatic rings. The number of fused-ring (bicyclic) bond motifs is 1. The summed E-state index contributed by atoms with van der Waals surface area (Å²) in [4.78, 5) is 0.827. The molecule has 3 aromatic rings. The fourth-order valence-corrected chi connectivity index (χ4v) is 2.48. The Balaban J connectivity index is 2.11. The standard InChI is InChI=1S/C11H11N5S/c1-2-9-13-14-11-16(9)15-10(17-11)7-3-5-8(12)6-4-7/h3-6H,2,12H2,1H3. The number of anilines is 1. The molecule has 0 saturated heterocycles. The first-order valence-corrected chi connectivity index (χ1v) is 6.16. The van der Waals surface area contributed by atoms with E-state index in [4.69, 9.17) is 5.73 Å². The van der Waals surface area contributed by atoms with Crippen LogP contribution < -0.4 is 5.73 Å². The van der Waals surface area contributed by atoms with Gasteiger partial charge in [-0.1, -0.05) is 18.3 Å². The molecule has 0 bridgehead atoms. The van der Waals surface area contributed by atoms with Crippen molar-refractivity contribution >= 4 is 22.0 Å². The number of nitrogens with two attached hydrogens (primary N) is 1. The molecule has 0 spiro atoms. The largest absolute Gasteiger partial charge is 0.399 e. The van der Waals surface area contributed by atoms with Crippen LogP contribution in [0.2, 0.25) is 0 Å². The zero-order chi connectivity index (χ0) is 11.8. The SMILES string of the molecule is CCc1nnc2sc(-c3ccc(N)cc3)nn12. The maximum atomic E-state index is 5.66. The molecular formula is C11H11N5S. The van der Waals surface area contributed by atoms with Gasteiger partial charge in [-0.2, -0.15) is 9.61 Å². The second kappa shape index (κ2) is 3.81. The van der Waals surface area contributed by atoms with Gasteiger partial charge in [0.15, 0.2) is 5.82 Å². The van der Waals surface area contributed by atoms with E-state index in [1.165, 1.54) is 11.3 Å². The van der Waals surface area contributed by atoms with Crippen molar-refractivity contribution in [3.8, 4) is 10.6 Å². The lowest BCUT2D eigenvalue weighted by Gasteiger charge is -1.95. The van der Waals surface area contributed by atoms with E-state index in [-0.39, 0.29) is 0 Å². The van der Waals surface area contributed by atoms with Gasteiger partial charge < -0.3 is 5.73 Å². The third kappa shape index (κ3) is 1.66. The summed E-state index contributed by atoms with van der Waals surface area (Å²) >= 11 is 1.53. The van der Waals surface area contributed by atoms with Crippen molar-refractivity contribution in [2.24, 2.45) is 0 Å². The Labute approximate surface area is 102 Å². The number of aromatic nitrogens is 4. The van der Waals surface area contributed by atoms with Gasteiger partial charge in [-0.3, -0.25) is 0 Å². The van der Waals surface area contributed by atoms with Crippen LogP contribution >= 0.6 is 11.3 Å². The van der Waals surface area contributed by atoms with E-state index in [1.54, 1.807) is 4.52 Å². The van der Waals surface area contributed by atoms with Crippen LogP contribution in [0, 0.1) is 0 Å². The number of hydrogen-bond donors (Lipinski definition) is 1. The molecule has 0 aliphatic carbocycles. The van der Waals surface area contributed by atoms with Crippen molar-refractivity contribution < 1.29 is 0 Å². The quantitative estimate of drug-likeness (QED) is 0.701. The molecule has 2 aromatic heterocycles. The van der Waals surface area contributed by atoms with Gasteiger partial charge in [0.1, 0.15) is 5.01 Å². The highest BCUT2D eigenvalue weighted by Gasteiger charge is 2.11. The molecule has 3 rings (SSSR count). The van der Waals surface area contributed by atoms with Gasteiger partial charge in [0.2, 0.25) is 4.96 Å². The van der Waals surface area contributed by atoms with Gasteiger partial charge in [0.05, 0.1) is 0 Å². The fourth-order valence-electron chi connectivity index (χ4n) is 1.62. The summed E-state index contributed by atoms with van der Waals surface area (Å²) < 4.78 is 1.80. The summed E-state index contributed by atoms with van der Waals surface area (Å²) in [5.41, 5.74) is 7.47. The second-order valence-corrected chi connectivity index (χ2v) is 4.65. The predicted octanol–water partition coefficient (Wildman–Crippen LogP) is 2.00. The molecule has 0 radical (unpaired) electrons. The first-order valence-electron chi connectivity index (χ1n) is 5.35. The third-order valence-electron chi connectivity index (χ3n) is 2.53. The van der Waals surface area contributed by atoms with Gasteiger partial charge >= 0.3 is 0 Å². The predicted molar refractivity (Wildman–Crippen MR) is 67.9 cm³/mol. The van der Waals surface area contributed by atoms with Crippen LogP contribution in [0.4, 0.5) is 5.69 Å². The molecule has 2 heterocycles. The van der Waals surface area contributed by atoms with Crippen molar-refractivity contribution in [3.63, 3.8) is 0 Å². The molecule has 0 amide bonds. The smallest absolute Gasteiger partial charge is 0.234 e. The average molecular weight is 245 g/mol. The normalized spacial score (nSPS) is 11.1. The first-order chi connectivity index (χ1) is 8.28. The van der Waals surface area contributed by atoms with Crippen molar-refractivity contribution in [2.45, 2.75) is 13.3 Å². The van der Waals surface area contributed by atoms with Crippen LogP contribution in [0.15, 0.2) is 24.3 Å². The van der Waals surface area contributed by atoms with Crippen LogP contribution in [-0.2, 0) is 6.42 Å². The summed E-state index contributed by atoms with van der Waals surface area (Å²) in [6.07, 6.45) is 0.825. The summed E-state index contributed by atoms with van der Waals surface area (Å²) in [6, 6.07) is 7.68. The third-order valence-corrected chi connectivity index (χ3v) is 3.48. The number of rotatable bonds is 2. The molecule has 5 nitrogen and oxygen atoms in total. The van der Waals surface area contributed by atoms with Crippen LogP contribution in [0.3, 0.4) is 0 Å². The lowest BCUT2D eigenvalue weighted by molar-refractivity contribution is 0.838. The molecule has 0 saturated carbocycles. The van der Waals surface area contributed by atoms with Crippen LogP contribution in [0.5, 0.6) is 0 Å². The summed E-state index contributed by atoms with van der Waals surface area (Å²) in [5, 5.41) is 13.6. The summed E-state index contributed by atoms with van der Waals surface area (Å²) in [6.45, 7) is 2.04. The highest BCUT2D eigenvalue weighted by atomic mass is 32.1.